The van der Waals surface area contributed by atoms with Gasteiger partial charge in [0, 0.05) is 11.1 Å². The highest BCUT2D eigenvalue weighted by molar-refractivity contribution is 7.99. The van der Waals surface area contributed by atoms with Crippen LogP contribution in [0.2, 0.25) is 0 Å². The number of carbonyl (C=O) groups is 1. The Morgan fingerprint density at radius 3 is 3.00 bits per heavy atom. The lowest BCUT2D eigenvalue weighted by atomic mass is 10.2. The summed E-state index contributed by atoms with van der Waals surface area (Å²) in [4.78, 5) is 15.2. The van der Waals surface area contributed by atoms with Gasteiger partial charge in [-0.25, -0.2) is 9.78 Å². The van der Waals surface area contributed by atoms with Crippen molar-refractivity contribution in [3.8, 4) is 0 Å². The summed E-state index contributed by atoms with van der Waals surface area (Å²) in [7, 11) is 0. The number of aromatic carboxylic acids is 1. The molecule has 0 bridgehead atoms. The van der Waals surface area contributed by atoms with Crippen molar-refractivity contribution >= 4 is 23.5 Å². The van der Waals surface area contributed by atoms with E-state index < -0.39 is 5.97 Å². The molecule has 0 amide bonds. The highest BCUT2D eigenvalue weighted by Crippen LogP contribution is 2.22. The first-order valence-corrected chi connectivity index (χ1v) is 4.75. The Bertz CT molecular complexity index is 328. The number of hydrogen-bond donors (Lipinski definition) is 2. The molecule has 0 aliphatic heterocycles. The molecule has 0 fully saturated rings. The molecule has 1 heterocycles. The minimum atomic E-state index is -0.968. The summed E-state index contributed by atoms with van der Waals surface area (Å²) in [5.74, 6) is 0.0780. The van der Waals surface area contributed by atoms with Crippen molar-refractivity contribution in [3.05, 3.63) is 17.8 Å². The predicted octanol–water partition coefficient (Wildman–Crippen LogP) is 1.47. The van der Waals surface area contributed by atoms with Crippen LogP contribution in [0.25, 0.3) is 0 Å². The van der Waals surface area contributed by atoms with Gasteiger partial charge in [0.1, 0.15) is 5.82 Å². The van der Waals surface area contributed by atoms with Crippen molar-refractivity contribution in [2.45, 2.75) is 11.8 Å². The molecule has 1 rings (SSSR count). The zero-order chi connectivity index (χ0) is 9.84. The van der Waals surface area contributed by atoms with Crippen molar-refractivity contribution < 1.29 is 9.90 Å². The van der Waals surface area contributed by atoms with E-state index in [4.69, 9.17) is 10.8 Å². The van der Waals surface area contributed by atoms with Crippen molar-refractivity contribution in [1.29, 1.82) is 0 Å². The van der Waals surface area contributed by atoms with Gasteiger partial charge >= 0.3 is 5.97 Å². The third-order valence-electron chi connectivity index (χ3n) is 1.42. The maximum atomic E-state index is 10.8. The van der Waals surface area contributed by atoms with Gasteiger partial charge in [0.15, 0.2) is 0 Å². The molecule has 4 nitrogen and oxygen atoms in total. The molecule has 3 N–H and O–H groups in total. The Labute approximate surface area is 80.2 Å². The van der Waals surface area contributed by atoms with E-state index in [1.807, 2.05) is 6.92 Å². The molecule has 0 saturated heterocycles. The van der Waals surface area contributed by atoms with Gasteiger partial charge in [0.2, 0.25) is 0 Å². The van der Waals surface area contributed by atoms with Crippen molar-refractivity contribution in [2.24, 2.45) is 0 Å². The average Bonchev–Trinajstić information content (AvgIpc) is 2.08. The number of thioether (sulfide) groups is 1. The van der Waals surface area contributed by atoms with Crippen LogP contribution in [0.3, 0.4) is 0 Å². The summed E-state index contributed by atoms with van der Waals surface area (Å²) in [6.45, 7) is 1.95. The van der Waals surface area contributed by atoms with Crippen LogP contribution in [0.4, 0.5) is 5.82 Å². The first-order chi connectivity index (χ1) is 6.15. The molecular formula is C8H10N2O2S. The number of nitrogens with zero attached hydrogens (tertiary/aromatic N) is 1. The van der Waals surface area contributed by atoms with E-state index in [1.165, 1.54) is 24.0 Å². The van der Waals surface area contributed by atoms with Crippen LogP contribution >= 0.6 is 11.8 Å². The van der Waals surface area contributed by atoms with Crippen LogP contribution in [-0.2, 0) is 0 Å². The number of hydrogen-bond acceptors (Lipinski definition) is 4. The monoisotopic (exact) mass is 198 g/mol. The number of rotatable bonds is 3. The number of carboxylic acid groups (broad SMARTS) is 1. The van der Waals surface area contributed by atoms with Gasteiger partial charge in [-0.2, -0.15) is 0 Å². The summed E-state index contributed by atoms with van der Waals surface area (Å²) in [5, 5.41) is 8.82. The Morgan fingerprint density at radius 2 is 2.46 bits per heavy atom. The van der Waals surface area contributed by atoms with Gasteiger partial charge in [-0.1, -0.05) is 6.92 Å². The fourth-order valence-corrected chi connectivity index (χ4v) is 1.64. The smallest absolute Gasteiger partial charge is 0.337 e. The average molecular weight is 198 g/mol. The normalized spacial score (nSPS) is 9.92. The summed E-state index contributed by atoms with van der Waals surface area (Å²) in [6, 6.07) is 1.38. The molecule has 0 spiro atoms. The fraction of sp³-hybridized carbons (Fsp3) is 0.250. The fourth-order valence-electron chi connectivity index (χ4n) is 0.897. The molecule has 0 aliphatic carbocycles. The number of anilines is 1. The zero-order valence-electron chi connectivity index (χ0n) is 7.15. The largest absolute Gasteiger partial charge is 0.478 e. The number of aromatic nitrogens is 1. The van der Waals surface area contributed by atoms with E-state index in [0.29, 0.717) is 4.90 Å². The molecule has 70 valence electrons. The summed E-state index contributed by atoms with van der Waals surface area (Å²) >= 11 is 1.44. The highest BCUT2D eigenvalue weighted by Gasteiger charge is 2.10. The van der Waals surface area contributed by atoms with Crippen LogP contribution in [0.1, 0.15) is 17.3 Å². The maximum Gasteiger partial charge on any atom is 0.337 e. The molecule has 0 unspecified atom stereocenters. The number of carboxylic acids is 1. The lowest BCUT2D eigenvalue weighted by molar-refractivity contribution is 0.0693. The van der Waals surface area contributed by atoms with Crippen molar-refractivity contribution in [2.75, 3.05) is 11.5 Å². The Kier molecular flexibility index (Phi) is 3.13. The van der Waals surface area contributed by atoms with E-state index in [-0.39, 0.29) is 11.4 Å². The third-order valence-corrected chi connectivity index (χ3v) is 2.34. The quantitative estimate of drug-likeness (QED) is 0.719. The molecule has 0 aromatic carbocycles. The predicted molar refractivity (Wildman–Crippen MR) is 52.0 cm³/mol. The standard InChI is InChI=1S/C8H10N2O2S/c1-2-13-6-4-10-7(9)3-5(6)8(11)12/h3-4H,2H2,1H3,(H2,9,10)(H,11,12). The maximum absolute atomic E-state index is 10.8. The van der Waals surface area contributed by atoms with E-state index >= 15 is 0 Å². The van der Waals surface area contributed by atoms with Crippen LogP contribution in [-0.4, -0.2) is 21.8 Å². The Balaban J connectivity index is 3.10. The molecule has 1 aromatic rings. The first kappa shape index (κ1) is 9.85. The molecular weight excluding hydrogens is 188 g/mol. The van der Waals surface area contributed by atoms with E-state index in [1.54, 1.807) is 0 Å². The molecule has 5 heteroatoms. The molecule has 0 radical (unpaired) electrons. The summed E-state index contributed by atoms with van der Waals surface area (Å²) < 4.78 is 0. The van der Waals surface area contributed by atoms with Crippen LogP contribution in [0.5, 0.6) is 0 Å². The Morgan fingerprint density at radius 1 is 1.77 bits per heavy atom. The second-order valence-corrected chi connectivity index (χ2v) is 3.65. The zero-order valence-corrected chi connectivity index (χ0v) is 7.97. The van der Waals surface area contributed by atoms with Gasteiger partial charge in [-0.15, -0.1) is 11.8 Å². The highest BCUT2D eigenvalue weighted by atomic mass is 32.2. The van der Waals surface area contributed by atoms with Crippen molar-refractivity contribution in [1.82, 2.24) is 4.98 Å². The Hall–Kier alpha value is -1.23. The second-order valence-electron chi connectivity index (χ2n) is 2.34. The lowest BCUT2D eigenvalue weighted by Crippen LogP contribution is -2.02. The van der Waals surface area contributed by atoms with E-state index in [9.17, 15) is 4.79 Å². The van der Waals surface area contributed by atoms with Crippen LogP contribution in [0.15, 0.2) is 17.2 Å². The number of nitrogens with two attached hydrogens (primary N) is 1. The van der Waals surface area contributed by atoms with Gasteiger partial charge in [0.25, 0.3) is 0 Å². The molecule has 0 aliphatic rings. The lowest BCUT2D eigenvalue weighted by Gasteiger charge is -2.03. The third kappa shape index (κ3) is 2.35. The first-order valence-electron chi connectivity index (χ1n) is 3.76. The molecule has 0 saturated carbocycles. The summed E-state index contributed by atoms with van der Waals surface area (Å²) in [5.41, 5.74) is 5.60. The minimum absolute atomic E-state index is 0.222. The minimum Gasteiger partial charge on any atom is -0.478 e. The summed E-state index contributed by atoms with van der Waals surface area (Å²) in [6.07, 6.45) is 1.49. The van der Waals surface area contributed by atoms with Gasteiger partial charge < -0.3 is 10.8 Å². The number of pyridine rings is 1. The van der Waals surface area contributed by atoms with Crippen LogP contribution < -0.4 is 5.73 Å². The van der Waals surface area contributed by atoms with Gasteiger partial charge in [0.05, 0.1) is 5.56 Å². The molecule has 0 atom stereocenters. The van der Waals surface area contributed by atoms with Gasteiger partial charge in [-0.05, 0) is 11.8 Å². The molecule has 1 aromatic heterocycles. The second kappa shape index (κ2) is 4.13. The topological polar surface area (TPSA) is 76.2 Å². The van der Waals surface area contributed by atoms with Gasteiger partial charge in [-0.3, -0.25) is 0 Å². The van der Waals surface area contributed by atoms with E-state index in [0.717, 1.165) is 5.75 Å². The van der Waals surface area contributed by atoms with Crippen LogP contribution in [0, 0.1) is 0 Å². The van der Waals surface area contributed by atoms with Crippen molar-refractivity contribution in [3.63, 3.8) is 0 Å². The molecule has 13 heavy (non-hydrogen) atoms. The SMILES string of the molecule is CCSc1cnc(N)cc1C(=O)O. The number of nitrogen functional groups attached to an aromatic ring is 1. The van der Waals surface area contributed by atoms with E-state index in [2.05, 4.69) is 4.98 Å².